The molecule has 0 aliphatic carbocycles. The van der Waals surface area contributed by atoms with E-state index in [1.165, 1.54) is 37.1 Å². The lowest BCUT2D eigenvalue weighted by Crippen LogP contribution is -2.42. The van der Waals surface area contributed by atoms with Crippen molar-refractivity contribution in [3.05, 3.63) is 16.6 Å². The Morgan fingerprint density at radius 2 is 2.18 bits per heavy atom. The van der Waals surface area contributed by atoms with Gasteiger partial charge in [-0.2, -0.15) is 0 Å². The Morgan fingerprint density at radius 3 is 2.82 bits per heavy atom. The maximum absolute atomic E-state index is 4.10. The first-order chi connectivity index (χ1) is 8.33. The number of hydrogen-bond acceptors (Lipinski definition) is 4. The van der Waals surface area contributed by atoms with Crippen LogP contribution in [-0.4, -0.2) is 35.6 Å². The number of nitrogens with zero attached hydrogens (tertiary/aromatic N) is 2. The number of hydrogen-bond donors (Lipinski definition) is 1. The van der Waals surface area contributed by atoms with Gasteiger partial charge in [0.2, 0.25) is 0 Å². The molecule has 2 aliphatic heterocycles. The van der Waals surface area contributed by atoms with Crippen LogP contribution in [0.25, 0.3) is 0 Å². The highest BCUT2D eigenvalue weighted by molar-refractivity contribution is 7.09. The number of nitrogens with one attached hydrogen (secondary N) is 1. The van der Waals surface area contributed by atoms with Gasteiger partial charge in [0.15, 0.2) is 0 Å². The second kappa shape index (κ2) is 5.04. The average Bonchev–Trinajstić information content (AvgIpc) is 2.87. The molecule has 0 radical (unpaired) electrons. The van der Waals surface area contributed by atoms with Crippen LogP contribution in [0.4, 0.5) is 0 Å². The van der Waals surface area contributed by atoms with E-state index in [0.717, 1.165) is 24.5 Å². The molecule has 17 heavy (non-hydrogen) atoms. The molecular weight excluding hydrogens is 230 g/mol. The van der Waals surface area contributed by atoms with Crippen molar-refractivity contribution in [2.75, 3.05) is 13.6 Å². The Labute approximate surface area is 107 Å². The fourth-order valence-corrected chi connectivity index (χ4v) is 3.98. The van der Waals surface area contributed by atoms with E-state index in [9.17, 15) is 0 Å². The van der Waals surface area contributed by atoms with Gasteiger partial charge in [-0.25, -0.2) is 0 Å². The third kappa shape index (κ3) is 2.54. The summed E-state index contributed by atoms with van der Waals surface area (Å²) in [6.07, 6.45) is 7.60. The lowest BCUT2D eigenvalue weighted by Gasteiger charge is -2.36. The third-order valence-corrected chi connectivity index (χ3v) is 5.19. The summed E-state index contributed by atoms with van der Waals surface area (Å²) in [7, 11) is 2.31. The lowest BCUT2D eigenvalue weighted by molar-refractivity contribution is 0.133. The van der Waals surface area contributed by atoms with Crippen LogP contribution in [0.15, 0.2) is 11.7 Å². The van der Waals surface area contributed by atoms with Crippen LogP contribution < -0.4 is 5.32 Å². The summed E-state index contributed by atoms with van der Waals surface area (Å²) in [5.41, 5.74) is 1.91. The fraction of sp³-hybridized carbons (Fsp3) is 0.769. The van der Waals surface area contributed by atoms with E-state index in [1.54, 1.807) is 11.3 Å². The summed E-state index contributed by atoms with van der Waals surface area (Å²) >= 11 is 1.74. The number of aromatic nitrogens is 1. The minimum atomic E-state index is 0.865. The minimum absolute atomic E-state index is 0.865. The molecular formula is C13H21N3S. The monoisotopic (exact) mass is 251 g/mol. The second-order valence-corrected chi connectivity index (χ2v) is 6.46. The zero-order chi connectivity index (χ0) is 11.7. The third-order valence-electron chi connectivity index (χ3n) is 4.41. The first-order valence-electron chi connectivity index (χ1n) is 6.63. The molecule has 2 bridgehead atoms. The summed E-state index contributed by atoms with van der Waals surface area (Å²) in [5.74, 6) is 0.886. The number of thiazole rings is 1. The molecule has 3 nitrogen and oxygen atoms in total. The van der Waals surface area contributed by atoms with Crippen LogP contribution in [0.3, 0.4) is 0 Å². The molecule has 2 saturated heterocycles. The fourth-order valence-electron chi connectivity index (χ4n) is 3.42. The summed E-state index contributed by atoms with van der Waals surface area (Å²) in [5, 5.41) is 3.59. The van der Waals surface area contributed by atoms with Gasteiger partial charge in [0.05, 0.1) is 5.51 Å². The summed E-state index contributed by atoms with van der Waals surface area (Å²) in [4.78, 5) is 8.06. The molecule has 2 aliphatic rings. The molecule has 2 fully saturated rings. The van der Waals surface area contributed by atoms with Gasteiger partial charge in [-0.15, -0.1) is 11.3 Å². The topological polar surface area (TPSA) is 28.2 Å². The van der Waals surface area contributed by atoms with Crippen LogP contribution in [0, 0.1) is 5.92 Å². The molecule has 2 atom stereocenters. The van der Waals surface area contributed by atoms with Crippen LogP contribution in [0.1, 0.15) is 30.6 Å². The molecule has 0 spiro atoms. The highest BCUT2D eigenvalue weighted by atomic mass is 32.1. The molecule has 0 saturated carbocycles. The van der Waals surface area contributed by atoms with Gasteiger partial charge in [-0.3, -0.25) is 4.98 Å². The summed E-state index contributed by atoms with van der Waals surface area (Å²) in [6.45, 7) is 2.17. The van der Waals surface area contributed by atoms with Crippen molar-refractivity contribution in [1.82, 2.24) is 15.2 Å². The van der Waals surface area contributed by atoms with Crippen molar-refractivity contribution in [3.8, 4) is 0 Å². The quantitative estimate of drug-likeness (QED) is 0.888. The van der Waals surface area contributed by atoms with E-state index in [4.69, 9.17) is 0 Å². The molecule has 1 aromatic rings. The number of rotatable bonds is 4. The molecule has 3 rings (SSSR count). The molecule has 0 amide bonds. The SMILES string of the molecule is CN1C2CCC1CC(CNCc1cncs1)C2. The first kappa shape index (κ1) is 11.6. The predicted octanol–water partition coefficient (Wildman–Crippen LogP) is 2.11. The normalized spacial score (nSPS) is 33.1. The molecule has 3 heterocycles. The van der Waals surface area contributed by atoms with Crippen molar-refractivity contribution in [2.24, 2.45) is 5.92 Å². The van der Waals surface area contributed by atoms with Crippen LogP contribution in [0.5, 0.6) is 0 Å². The lowest BCUT2D eigenvalue weighted by atomic mass is 9.91. The van der Waals surface area contributed by atoms with Gasteiger partial charge in [0, 0.05) is 29.7 Å². The molecule has 4 heteroatoms. The van der Waals surface area contributed by atoms with Gasteiger partial charge >= 0.3 is 0 Å². The van der Waals surface area contributed by atoms with Crippen molar-refractivity contribution in [2.45, 2.75) is 44.3 Å². The smallest absolute Gasteiger partial charge is 0.0794 e. The van der Waals surface area contributed by atoms with Crippen molar-refractivity contribution in [1.29, 1.82) is 0 Å². The Hall–Kier alpha value is -0.450. The average molecular weight is 251 g/mol. The zero-order valence-electron chi connectivity index (χ0n) is 10.4. The minimum Gasteiger partial charge on any atom is -0.312 e. The molecule has 94 valence electrons. The van der Waals surface area contributed by atoms with Gasteiger partial charge in [0.1, 0.15) is 0 Å². The Morgan fingerprint density at radius 1 is 1.41 bits per heavy atom. The van der Waals surface area contributed by atoms with Crippen molar-refractivity contribution >= 4 is 11.3 Å². The summed E-state index contributed by atoms with van der Waals surface area (Å²) in [6, 6.07) is 1.73. The van der Waals surface area contributed by atoms with Gasteiger partial charge < -0.3 is 10.2 Å². The van der Waals surface area contributed by atoms with Crippen molar-refractivity contribution in [3.63, 3.8) is 0 Å². The predicted molar refractivity (Wildman–Crippen MR) is 71.1 cm³/mol. The standard InChI is InChI=1S/C13H21N3S/c1-16-11-2-3-12(16)5-10(4-11)6-14-7-13-8-15-9-17-13/h8-12,14H,2-7H2,1H3. The maximum Gasteiger partial charge on any atom is 0.0794 e. The maximum atomic E-state index is 4.10. The molecule has 2 unspecified atom stereocenters. The Bertz CT molecular complexity index is 338. The highest BCUT2D eigenvalue weighted by Gasteiger charge is 2.37. The van der Waals surface area contributed by atoms with Gasteiger partial charge in [0.25, 0.3) is 0 Å². The Balaban J connectivity index is 1.44. The van der Waals surface area contributed by atoms with Crippen molar-refractivity contribution < 1.29 is 0 Å². The first-order valence-corrected chi connectivity index (χ1v) is 7.51. The van der Waals surface area contributed by atoms with E-state index in [1.807, 2.05) is 11.7 Å². The zero-order valence-corrected chi connectivity index (χ0v) is 11.2. The van der Waals surface area contributed by atoms with E-state index < -0.39 is 0 Å². The van der Waals surface area contributed by atoms with Gasteiger partial charge in [-0.05, 0) is 45.2 Å². The molecule has 0 aromatic carbocycles. The molecule has 1 aromatic heterocycles. The Kier molecular flexibility index (Phi) is 3.45. The van der Waals surface area contributed by atoms with Crippen LogP contribution >= 0.6 is 11.3 Å². The van der Waals surface area contributed by atoms with E-state index in [2.05, 4.69) is 22.2 Å². The van der Waals surface area contributed by atoms with E-state index in [-0.39, 0.29) is 0 Å². The largest absolute Gasteiger partial charge is 0.312 e. The number of fused-ring (bicyclic) bond motifs is 2. The van der Waals surface area contributed by atoms with E-state index >= 15 is 0 Å². The van der Waals surface area contributed by atoms with E-state index in [0.29, 0.717) is 0 Å². The van der Waals surface area contributed by atoms with Gasteiger partial charge in [-0.1, -0.05) is 0 Å². The molecule has 1 N–H and O–H groups in total. The second-order valence-electron chi connectivity index (χ2n) is 5.49. The van der Waals surface area contributed by atoms with Crippen LogP contribution in [0.2, 0.25) is 0 Å². The highest BCUT2D eigenvalue weighted by Crippen LogP contribution is 2.36. The summed E-state index contributed by atoms with van der Waals surface area (Å²) < 4.78 is 0. The number of piperidine rings is 1. The van der Waals surface area contributed by atoms with Crippen LogP contribution in [-0.2, 0) is 6.54 Å².